The van der Waals surface area contributed by atoms with Gasteiger partial charge in [-0.2, -0.15) is 13.2 Å². The van der Waals surface area contributed by atoms with Crippen LogP contribution in [0.1, 0.15) is 32.1 Å². The lowest BCUT2D eigenvalue weighted by Crippen LogP contribution is -2.46. The van der Waals surface area contributed by atoms with Crippen LogP contribution in [0.2, 0.25) is 0 Å². The van der Waals surface area contributed by atoms with Gasteiger partial charge in [0.1, 0.15) is 6.04 Å². The molecule has 3 atom stereocenters. The van der Waals surface area contributed by atoms with Crippen LogP contribution in [0.25, 0.3) is 0 Å². The smallest absolute Gasteiger partial charge is 0.353 e. The summed E-state index contributed by atoms with van der Waals surface area (Å²) in [6.07, 6.45) is -1.07. The van der Waals surface area contributed by atoms with E-state index in [1.807, 2.05) is 6.07 Å². The summed E-state index contributed by atoms with van der Waals surface area (Å²) >= 11 is 0. The summed E-state index contributed by atoms with van der Waals surface area (Å²) < 4.78 is 40.3. The van der Waals surface area contributed by atoms with Crippen molar-refractivity contribution in [2.45, 2.75) is 50.4 Å². The monoisotopic (exact) mass is 341 g/mol. The Bertz CT molecular complexity index is 564. The number of nitrogens with one attached hydrogen (secondary N) is 2. The van der Waals surface area contributed by atoms with Crippen LogP contribution < -0.4 is 15.8 Å². The second-order valence-electron chi connectivity index (χ2n) is 6.60. The third-order valence-electron chi connectivity index (χ3n) is 4.76. The Kier molecular flexibility index (Phi) is 4.99. The van der Waals surface area contributed by atoms with Gasteiger partial charge in [0.2, 0.25) is 5.91 Å². The molecule has 0 saturated carbocycles. The lowest BCUT2D eigenvalue weighted by Gasteiger charge is -2.25. The molecule has 1 aromatic rings. The van der Waals surface area contributed by atoms with E-state index in [2.05, 4.69) is 10.7 Å². The number of amides is 1. The minimum absolute atomic E-state index is 0.0491. The summed E-state index contributed by atoms with van der Waals surface area (Å²) in [5, 5.41) is 4.45. The molecule has 0 aliphatic carbocycles. The number of alkyl halides is 3. The minimum Gasteiger partial charge on any atom is -0.353 e. The molecule has 7 heteroatoms. The van der Waals surface area contributed by atoms with Crippen LogP contribution in [0.4, 0.5) is 18.9 Å². The first-order valence-electron chi connectivity index (χ1n) is 8.38. The van der Waals surface area contributed by atoms with E-state index < -0.39 is 18.1 Å². The first kappa shape index (κ1) is 17.1. The number of halogens is 3. The van der Waals surface area contributed by atoms with Gasteiger partial charge in [-0.1, -0.05) is 24.6 Å². The number of anilines is 1. The summed E-state index contributed by atoms with van der Waals surface area (Å²) in [5.74, 6) is -0.638. The van der Waals surface area contributed by atoms with Gasteiger partial charge in [-0.05, 0) is 31.4 Å². The van der Waals surface area contributed by atoms with Crippen molar-refractivity contribution >= 4 is 11.6 Å². The normalized spacial score (nSPS) is 28.5. The molecule has 2 heterocycles. The molecule has 3 unspecified atom stereocenters. The van der Waals surface area contributed by atoms with Crippen LogP contribution in [-0.2, 0) is 4.79 Å². The van der Waals surface area contributed by atoms with E-state index in [0.717, 1.165) is 24.9 Å². The maximum atomic E-state index is 13.4. The van der Waals surface area contributed by atoms with Gasteiger partial charge in [-0.15, -0.1) is 0 Å². The molecule has 132 valence electrons. The maximum absolute atomic E-state index is 13.4. The lowest BCUT2D eigenvalue weighted by molar-refractivity contribution is -0.161. The number of rotatable bonds is 3. The van der Waals surface area contributed by atoms with E-state index in [-0.39, 0.29) is 18.5 Å². The molecule has 2 aliphatic heterocycles. The number of benzene rings is 1. The molecule has 2 saturated heterocycles. The van der Waals surface area contributed by atoms with Crippen LogP contribution in [0.5, 0.6) is 0 Å². The molecule has 2 N–H and O–H groups in total. The van der Waals surface area contributed by atoms with E-state index in [1.165, 1.54) is 0 Å². The van der Waals surface area contributed by atoms with Gasteiger partial charge >= 0.3 is 6.18 Å². The summed E-state index contributed by atoms with van der Waals surface area (Å²) in [5.41, 5.74) is 3.33. The molecule has 0 bridgehead atoms. The second-order valence-corrected chi connectivity index (χ2v) is 6.60. The second kappa shape index (κ2) is 7.01. The summed E-state index contributed by atoms with van der Waals surface area (Å²) in [7, 11) is 0. The van der Waals surface area contributed by atoms with Gasteiger partial charge < -0.3 is 10.3 Å². The fourth-order valence-corrected chi connectivity index (χ4v) is 3.60. The highest BCUT2D eigenvalue weighted by Crippen LogP contribution is 2.35. The van der Waals surface area contributed by atoms with Gasteiger partial charge in [0.25, 0.3) is 0 Å². The highest BCUT2D eigenvalue weighted by molar-refractivity contribution is 5.76. The molecule has 24 heavy (non-hydrogen) atoms. The van der Waals surface area contributed by atoms with Crippen LogP contribution in [0.3, 0.4) is 0 Å². The van der Waals surface area contributed by atoms with Gasteiger partial charge in [0, 0.05) is 24.9 Å². The predicted octanol–water partition coefficient (Wildman–Crippen LogP) is 3.01. The highest BCUT2D eigenvalue weighted by Gasteiger charge is 2.50. The topological polar surface area (TPSA) is 44.4 Å². The van der Waals surface area contributed by atoms with Crippen molar-refractivity contribution in [2.24, 2.45) is 5.92 Å². The molecule has 1 aromatic carbocycles. The standard InChI is InChI=1S/C17H22F3N3O/c18-17(19,20)16-12(10-13-6-4-5-9-15(24)21-13)11-23(22-16)14-7-2-1-3-8-14/h1-3,7-8,12-13,16,22H,4-6,9-11H2,(H,21,24). The number of carbonyl (C=O) groups is 1. The van der Waals surface area contributed by atoms with Gasteiger partial charge in [0.15, 0.2) is 0 Å². The number of hydrazine groups is 1. The van der Waals surface area contributed by atoms with E-state index in [4.69, 9.17) is 0 Å². The number of carbonyl (C=O) groups excluding carboxylic acids is 1. The molecule has 0 radical (unpaired) electrons. The summed E-state index contributed by atoms with van der Waals surface area (Å²) in [6, 6.07) is 7.26. The van der Waals surface area contributed by atoms with E-state index in [1.54, 1.807) is 29.3 Å². The fourth-order valence-electron chi connectivity index (χ4n) is 3.60. The fraction of sp³-hybridized carbons (Fsp3) is 0.588. The van der Waals surface area contributed by atoms with Crippen LogP contribution in [-0.4, -0.2) is 30.7 Å². The largest absolute Gasteiger partial charge is 0.405 e. The number of nitrogens with zero attached hydrogens (tertiary/aromatic N) is 1. The zero-order valence-corrected chi connectivity index (χ0v) is 13.4. The van der Waals surface area contributed by atoms with Crippen molar-refractivity contribution in [3.05, 3.63) is 30.3 Å². The van der Waals surface area contributed by atoms with Crippen molar-refractivity contribution in [3.8, 4) is 0 Å². The first-order valence-corrected chi connectivity index (χ1v) is 8.38. The number of hydrogen-bond acceptors (Lipinski definition) is 3. The molecule has 0 aromatic heterocycles. The SMILES string of the molecule is O=C1CCCCC(CC2CN(c3ccccc3)NC2C(F)(F)F)N1. The van der Waals surface area contributed by atoms with E-state index >= 15 is 0 Å². The average Bonchev–Trinajstić information content (AvgIpc) is 2.85. The van der Waals surface area contributed by atoms with Crippen molar-refractivity contribution < 1.29 is 18.0 Å². The quantitative estimate of drug-likeness (QED) is 0.888. The molecular weight excluding hydrogens is 319 g/mol. The number of para-hydroxylation sites is 1. The minimum atomic E-state index is -4.32. The van der Waals surface area contributed by atoms with Crippen molar-refractivity contribution in [1.29, 1.82) is 0 Å². The Labute approximate surface area is 139 Å². The Morgan fingerprint density at radius 3 is 2.62 bits per heavy atom. The maximum Gasteiger partial charge on any atom is 0.405 e. The number of hydrogen-bond donors (Lipinski definition) is 2. The lowest BCUT2D eigenvalue weighted by atomic mass is 9.91. The Hall–Kier alpha value is -1.76. The average molecular weight is 341 g/mol. The third-order valence-corrected chi connectivity index (χ3v) is 4.76. The van der Waals surface area contributed by atoms with Crippen LogP contribution >= 0.6 is 0 Å². The van der Waals surface area contributed by atoms with Crippen LogP contribution in [0, 0.1) is 5.92 Å². The molecule has 2 aliphatic rings. The predicted molar refractivity (Wildman–Crippen MR) is 85.3 cm³/mol. The van der Waals surface area contributed by atoms with E-state index in [9.17, 15) is 18.0 Å². The van der Waals surface area contributed by atoms with Gasteiger partial charge in [0.05, 0.1) is 5.69 Å². The molecule has 0 spiro atoms. The summed E-state index contributed by atoms with van der Waals surface area (Å²) in [4.78, 5) is 11.7. The van der Waals surface area contributed by atoms with Crippen LogP contribution in [0.15, 0.2) is 30.3 Å². The third kappa shape index (κ3) is 4.01. The highest BCUT2D eigenvalue weighted by atomic mass is 19.4. The molecule has 4 nitrogen and oxygen atoms in total. The molecule has 2 fully saturated rings. The van der Waals surface area contributed by atoms with Crippen molar-refractivity contribution in [3.63, 3.8) is 0 Å². The Morgan fingerprint density at radius 2 is 1.92 bits per heavy atom. The Balaban J connectivity index is 1.72. The first-order chi connectivity index (χ1) is 11.4. The van der Waals surface area contributed by atoms with E-state index in [0.29, 0.717) is 12.8 Å². The molecule has 1 amide bonds. The molecular formula is C17H22F3N3O. The summed E-state index contributed by atoms with van der Waals surface area (Å²) in [6.45, 7) is 0.278. The molecule has 3 rings (SSSR count). The van der Waals surface area contributed by atoms with Gasteiger partial charge in [-0.3, -0.25) is 4.79 Å². The van der Waals surface area contributed by atoms with Crippen molar-refractivity contribution in [1.82, 2.24) is 10.7 Å². The zero-order chi connectivity index (χ0) is 17.2. The zero-order valence-electron chi connectivity index (χ0n) is 13.4. The van der Waals surface area contributed by atoms with Crippen molar-refractivity contribution in [2.75, 3.05) is 11.6 Å². The van der Waals surface area contributed by atoms with Gasteiger partial charge in [-0.25, -0.2) is 5.43 Å². The Morgan fingerprint density at radius 1 is 1.17 bits per heavy atom.